The van der Waals surface area contributed by atoms with Gasteiger partial charge in [0.15, 0.2) is 10.8 Å². The highest BCUT2D eigenvalue weighted by atomic mass is 127. The van der Waals surface area contributed by atoms with Crippen molar-refractivity contribution in [2.75, 3.05) is 19.7 Å². The maximum atomic E-state index is 14.1. The molecule has 2 N–H and O–H groups in total. The molecule has 3 heterocycles. The van der Waals surface area contributed by atoms with Crippen LogP contribution in [0.3, 0.4) is 0 Å². The van der Waals surface area contributed by atoms with E-state index in [4.69, 9.17) is 9.73 Å². The first-order valence-corrected chi connectivity index (χ1v) is 16.4. The second-order valence-electron chi connectivity index (χ2n) is 9.74. The molecule has 7 nitrogen and oxygen atoms in total. The van der Waals surface area contributed by atoms with E-state index in [9.17, 15) is 14.3 Å². The van der Waals surface area contributed by atoms with Gasteiger partial charge in [-0.25, -0.2) is 14.2 Å². The number of thiazole rings is 1. The Balaban J connectivity index is 1.82. The number of aliphatic imine (C=N–C) groups is 1. The number of benzene rings is 1. The molecule has 0 amide bonds. The number of aliphatic hydroxyl groups is 1. The van der Waals surface area contributed by atoms with E-state index in [0.717, 1.165) is 23.7 Å². The van der Waals surface area contributed by atoms with Crippen LogP contribution in [0.4, 0.5) is 4.39 Å². The van der Waals surface area contributed by atoms with Crippen molar-refractivity contribution in [3.05, 3.63) is 69.8 Å². The monoisotopic (exact) mass is 780 g/mol. The lowest BCUT2D eigenvalue weighted by Crippen LogP contribution is -2.43. The van der Waals surface area contributed by atoms with Crippen LogP contribution in [-0.2, 0) is 9.53 Å². The van der Waals surface area contributed by atoms with E-state index in [1.165, 1.54) is 23.5 Å². The number of halogens is 3. The number of hydrogen-bond donors (Lipinski definition) is 2. The molecule has 4 rings (SSSR count). The highest BCUT2D eigenvalue weighted by Crippen LogP contribution is 2.44. The van der Waals surface area contributed by atoms with E-state index < -0.39 is 12.0 Å². The molecule has 0 spiro atoms. The minimum Gasteiger partial charge on any atom is -0.513 e. The summed E-state index contributed by atoms with van der Waals surface area (Å²) in [6.07, 6.45) is 3.17. The Morgan fingerprint density at radius 3 is 2.87 bits per heavy atom. The fourth-order valence-corrected chi connectivity index (χ4v) is 8.23. The van der Waals surface area contributed by atoms with Crippen molar-refractivity contribution in [3.63, 3.8) is 0 Å². The van der Waals surface area contributed by atoms with Crippen molar-refractivity contribution in [2.45, 2.75) is 40.2 Å². The van der Waals surface area contributed by atoms with Crippen LogP contribution in [0.1, 0.15) is 43.3 Å². The number of carbonyl (C=O) groups excluding carboxylic acids is 1. The molecule has 1 aromatic carbocycles. The van der Waals surface area contributed by atoms with Gasteiger partial charge in [0.05, 0.1) is 19.4 Å². The number of likely N-dealkylation sites (tertiary alicyclic amines) is 1. The Hall–Kier alpha value is -1.36. The van der Waals surface area contributed by atoms with Gasteiger partial charge >= 0.3 is 5.97 Å². The summed E-state index contributed by atoms with van der Waals surface area (Å²) in [6.45, 7) is 9.11. The van der Waals surface area contributed by atoms with Gasteiger partial charge in [0.2, 0.25) is 0 Å². The number of aliphatic hydroxyl groups excluding tert-OH is 1. The van der Waals surface area contributed by atoms with E-state index in [1.54, 1.807) is 19.2 Å². The predicted molar refractivity (Wildman–Crippen MR) is 170 cm³/mol. The molecular weight excluding hydrogens is 749 g/mol. The van der Waals surface area contributed by atoms with Crippen molar-refractivity contribution in [2.24, 2.45) is 10.9 Å². The molecule has 1 fully saturated rings. The number of aromatic nitrogens is 1. The van der Waals surface area contributed by atoms with Crippen LogP contribution in [0, 0.1) is 11.7 Å². The second kappa shape index (κ2) is 12.4. The van der Waals surface area contributed by atoms with Crippen LogP contribution in [0.15, 0.2) is 58.4 Å². The molecule has 1 saturated heterocycles. The summed E-state index contributed by atoms with van der Waals surface area (Å²) in [5.74, 6) is 0.186. The highest BCUT2D eigenvalue weighted by Gasteiger charge is 2.44. The van der Waals surface area contributed by atoms with Crippen LogP contribution in [0.5, 0.6) is 0 Å². The summed E-state index contributed by atoms with van der Waals surface area (Å²) in [7, 11) is 0.593. The molecule has 12 heteroatoms. The fraction of sp³-hybridized carbons (Fsp3) is 0.423. The first-order chi connectivity index (χ1) is 18.0. The first kappa shape index (κ1) is 29.6. The number of carbonyl (C=O) groups is 1. The molecule has 0 saturated carbocycles. The quantitative estimate of drug-likeness (QED) is 0.132. The van der Waals surface area contributed by atoms with Crippen molar-refractivity contribution < 1.29 is 19.0 Å². The minimum absolute atomic E-state index is 0.00925. The minimum atomic E-state index is -0.642. The van der Waals surface area contributed by atoms with E-state index in [1.807, 2.05) is 5.38 Å². The lowest BCUT2D eigenvalue weighted by atomic mass is 9.93. The molecule has 204 valence electrons. The third kappa shape index (κ3) is 6.85. The molecular formula is C26H31FI2N4O3SSi. The first-order valence-electron chi connectivity index (χ1n) is 12.4. The average molecular weight is 781 g/mol. The number of allylic oxidation sites excluding steroid dienone is 1. The Labute approximate surface area is 256 Å². The van der Waals surface area contributed by atoms with Crippen LogP contribution in [0.25, 0.3) is 0 Å². The van der Waals surface area contributed by atoms with Crippen LogP contribution < -0.4 is 10.5 Å². The Morgan fingerprint density at radius 1 is 1.47 bits per heavy atom. The number of esters is 1. The van der Waals surface area contributed by atoms with E-state index in [2.05, 4.69) is 73.9 Å². The zero-order chi connectivity index (χ0) is 27.6. The summed E-state index contributed by atoms with van der Waals surface area (Å²) in [5, 5.41) is 16.8. The third-order valence-electron chi connectivity index (χ3n) is 6.77. The standard InChI is InChI=1S/C26H31FI2N4O3SSi/c1-4-36-25(35)21-18(12-33-13-26(28,29)11-19(33)14(2)9-15(3)34)31-23(24-30-7-8-37-24)32-22(21)17-6-5-16(27)10-20(17)38/h5-8,10,14,19,22,34H,3-4,9,11-13H2,1-2,38H3,(H,31,32)/t14?,19-,22?/m0/s1. The maximum absolute atomic E-state index is 14.1. The number of hydrogen-bond acceptors (Lipinski definition) is 8. The number of amidine groups is 1. The third-order valence-corrected chi connectivity index (χ3v) is 9.98. The van der Waals surface area contributed by atoms with E-state index in [-0.39, 0.29) is 31.6 Å². The molecule has 0 bridgehead atoms. The molecule has 0 aliphatic carbocycles. The summed E-state index contributed by atoms with van der Waals surface area (Å²) >= 11 is 6.45. The molecule has 2 aliphatic rings. The second-order valence-corrected chi connectivity index (χ2v) is 17.9. The smallest absolute Gasteiger partial charge is 0.338 e. The zero-order valence-corrected chi connectivity index (χ0v) is 28.6. The SMILES string of the molecule is C=C(O)CC(C)[C@@H]1CC(I)(I)CN1CC1=C(C(=O)OCC)C(c2ccc(F)cc2[SiH3])N=C(c2nccs2)N1. The van der Waals surface area contributed by atoms with Gasteiger partial charge in [-0.2, -0.15) is 0 Å². The molecule has 38 heavy (non-hydrogen) atoms. The van der Waals surface area contributed by atoms with Gasteiger partial charge in [-0.15, -0.1) is 11.3 Å². The molecule has 2 aliphatic heterocycles. The average Bonchev–Trinajstić information content (AvgIpc) is 3.46. The summed E-state index contributed by atoms with van der Waals surface area (Å²) in [5.41, 5.74) is 1.95. The Bertz CT molecular complexity index is 1270. The van der Waals surface area contributed by atoms with Gasteiger partial charge in [-0.3, -0.25) is 9.89 Å². The number of rotatable bonds is 9. The topological polar surface area (TPSA) is 87.0 Å². The normalized spacial score (nSPS) is 22.2. The van der Waals surface area contributed by atoms with E-state index >= 15 is 0 Å². The number of ether oxygens (including phenoxy) is 1. The number of alkyl halides is 2. The van der Waals surface area contributed by atoms with Crippen molar-refractivity contribution in [1.29, 1.82) is 0 Å². The fourth-order valence-electron chi connectivity index (χ4n) is 5.15. The molecule has 3 atom stereocenters. The van der Waals surface area contributed by atoms with Gasteiger partial charge in [-0.1, -0.05) is 69.9 Å². The predicted octanol–water partition coefficient (Wildman–Crippen LogP) is 3.92. The van der Waals surface area contributed by atoms with E-state index in [0.29, 0.717) is 45.3 Å². The maximum Gasteiger partial charge on any atom is 0.338 e. The summed E-state index contributed by atoms with van der Waals surface area (Å²) in [4.78, 5) is 25.3. The zero-order valence-electron chi connectivity index (χ0n) is 21.5. The van der Waals surface area contributed by atoms with Gasteiger partial charge in [0, 0.05) is 53.1 Å². The number of nitrogens with one attached hydrogen (secondary N) is 1. The summed E-state index contributed by atoms with van der Waals surface area (Å²) in [6, 6.07) is 4.19. The van der Waals surface area contributed by atoms with Crippen LogP contribution >= 0.6 is 56.5 Å². The largest absolute Gasteiger partial charge is 0.513 e. The highest BCUT2D eigenvalue weighted by molar-refractivity contribution is 14.2. The molecule has 2 aromatic rings. The number of nitrogens with zero attached hydrogens (tertiary/aromatic N) is 3. The Morgan fingerprint density at radius 2 is 2.24 bits per heavy atom. The van der Waals surface area contributed by atoms with Crippen LogP contribution in [-0.4, -0.2) is 64.2 Å². The lowest BCUT2D eigenvalue weighted by molar-refractivity contribution is -0.139. The van der Waals surface area contributed by atoms with Gasteiger partial charge in [-0.05, 0) is 37.0 Å². The lowest BCUT2D eigenvalue weighted by Gasteiger charge is -2.33. The van der Waals surface area contributed by atoms with Crippen LogP contribution in [0.2, 0.25) is 0 Å². The Kier molecular flexibility index (Phi) is 9.69. The molecule has 2 unspecified atom stereocenters. The van der Waals surface area contributed by atoms with Gasteiger partial charge in [0.1, 0.15) is 11.9 Å². The van der Waals surface area contributed by atoms with Gasteiger partial charge in [0.25, 0.3) is 0 Å². The molecule has 0 radical (unpaired) electrons. The van der Waals surface area contributed by atoms with Crippen molar-refractivity contribution in [1.82, 2.24) is 15.2 Å². The molecule has 1 aromatic heterocycles. The summed E-state index contributed by atoms with van der Waals surface area (Å²) < 4.78 is 19.6. The van der Waals surface area contributed by atoms with Gasteiger partial charge < -0.3 is 15.2 Å². The van der Waals surface area contributed by atoms with Crippen molar-refractivity contribution in [3.8, 4) is 0 Å². The van der Waals surface area contributed by atoms with Crippen molar-refractivity contribution >= 4 is 83.8 Å².